The standard InChI is InChI=1S/C16H28N2O2/c1-15(2)13(16(15,3)4)14(20)18-8-5-6-11(7-9-18)10-12(17)19/h11,13H,5-10H2,1-4H3,(H2,17,19). The van der Waals surface area contributed by atoms with Gasteiger partial charge in [-0.25, -0.2) is 0 Å². The van der Waals surface area contributed by atoms with E-state index in [0.29, 0.717) is 18.2 Å². The largest absolute Gasteiger partial charge is 0.370 e. The minimum atomic E-state index is -0.223. The van der Waals surface area contributed by atoms with Crippen molar-refractivity contribution in [3.8, 4) is 0 Å². The van der Waals surface area contributed by atoms with E-state index in [1.54, 1.807) is 0 Å². The monoisotopic (exact) mass is 280 g/mol. The molecule has 20 heavy (non-hydrogen) atoms. The number of nitrogens with zero attached hydrogens (tertiary/aromatic N) is 1. The van der Waals surface area contributed by atoms with E-state index in [0.717, 1.165) is 32.4 Å². The van der Waals surface area contributed by atoms with E-state index in [1.807, 2.05) is 4.90 Å². The van der Waals surface area contributed by atoms with Crippen molar-refractivity contribution < 1.29 is 9.59 Å². The molecule has 0 radical (unpaired) electrons. The topological polar surface area (TPSA) is 63.4 Å². The highest BCUT2D eigenvalue weighted by molar-refractivity contribution is 5.84. The first-order chi connectivity index (χ1) is 9.18. The fourth-order valence-corrected chi connectivity index (χ4v) is 3.87. The molecule has 4 nitrogen and oxygen atoms in total. The fourth-order valence-electron chi connectivity index (χ4n) is 3.87. The summed E-state index contributed by atoms with van der Waals surface area (Å²) in [5.41, 5.74) is 5.48. The molecule has 1 atom stereocenters. The van der Waals surface area contributed by atoms with Gasteiger partial charge in [0.25, 0.3) is 0 Å². The molecule has 114 valence electrons. The number of likely N-dealkylation sites (tertiary alicyclic amines) is 1. The number of primary amides is 1. The van der Waals surface area contributed by atoms with Crippen LogP contribution >= 0.6 is 0 Å². The van der Waals surface area contributed by atoms with Gasteiger partial charge in [0.1, 0.15) is 0 Å². The summed E-state index contributed by atoms with van der Waals surface area (Å²) in [6.45, 7) is 10.3. The maximum Gasteiger partial charge on any atom is 0.226 e. The normalized spacial score (nSPS) is 28.8. The summed E-state index contributed by atoms with van der Waals surface area (Å²) >= 11 is 0. The van der Waals surface area contributed by atoms with Crippen molar-refractivity contribution in [2.45, 2.75) is 53.4 Å². The molecule has 0 spiro atoms. The number of carbonyl (C=O) groups excluding carboxylic acids is 2. The van der Waals surface area contributed by atoms with E-state index < -0.39 is 0 Å². The first kappa shape index (κ1) is 15.3. The third-order valence-corrected chi connectivity index (χ3v) is 5.92. The fraction of sp³-hybridized carbons (Fsp3) is 0.875. The molecule has 1 saturated heterocycles. The van der Waals surface area contributed by atoms with Gasteiger partial charge in [-0.3, -0.25) is 9.59 Å². The summed E-state index contributed by atoms with van der Waals surface area (Å²) in [5, 5.41) is 0. The lowest BCUT2D eigenvalue weighted by Gasteiger charge is -2.22. The Morgan fingerprint density at radius 3 is 2.20 bits per heavy atom. The molecule has 1 saturated carbocycles. The van der Waals surface area contributed by atoms with Gasteiger partial charge >= 0.3 is 0 Å². The maximum absolute atomic E-state index is 12.7. The Bertz CT molecular complexity index is 401. The average molecular weight is 280 g/mol. The van der Waals surface area contributed by atoms with Crippen LogP contribution in [0.2, 0.25) is 0 Å². The van der Waals surface area contributed by atoms with Crippen LogP contribution in [-0.4, -0.2) is 29.8 Å². The number of hydrogen-bond donors (Lipinski definition) is 1. The molecule has 2 fully saturated rings. The van der Waals surface area contributed by atoms with Gasteiger partial charge in [0.05, 0.1) is 0 Å². The number of amides is 2. The molecule has 2 amide bonds. The van der Waals surface area contributed by atoms with Gasteiger partial charge in [0.2, 0.25) is 11.8 Å². The molecule has 2 aliphatic rings. The zero-order chi connectivity index (χ0) is 15.1. The van der Waals surface area contributed by atoms with E-state index in [2.05, 4.69) is 27.7 Å². The molecule has 1 unspecified atom stereocenters. The van der Waals surface area contributed by atoms with Crippen molar-refractivity contribution in [2.24, 2.45) is 28.4 Å². The Morgan fingerprint density at radius 2 is 1.70 bits per heavy atom. The minimum absolute atomic E-state index is 0.100. The Balaban J connectivity index is 1.95. The van der Waals surface area contributed by atoms with Crippen LogP contribution in [0.1, 0.15) is 53.4 Å². The van der Waals surface area contributed by atoms with Crippen LogP contribution in [0.3, 0.4) is 0 Å². The maximum atomic E-state index is 12.7. The molecular formula is C16H28N2O2. The molecule has 0 bridgehead atoms. The van der Waals surface area contributed by atoms with Gasteiger partial charge in [-0.2, -0.15) is 0 Å². The second-order valence-electron chi connectivity index (χ2n) is 7.67. The van der Waals surface area contributed by atoms with Crippen molar-refractivity contribution in [1.82, 2.24) is 4.90 Å². The van der Waals surface area contributed by atoms with E-state index in [4.69, 9.17) is 5.73 Å². The van der Waals surface area contributed by atoms with Crippen LogP contribution < -0.4 is 5.73 Å². The smallest absolute Gasteiger partial charge is 0.226 e. The summed E-state index contributed by atoms with van der Waals surface area (Å²) in [6, 6.07) is 0. The first-order valence-electron chi connectivity index (χ1n) is 7.75. The number of hydrogen-bond acceptors (Lipinski definition) is 2. The average Bonchev–Trinajstić information content (AvgIpc) is 2.83. The molecule has 1 aliphatic heterocycles. The molecule has 0 aromatic carbocycles. The van der Waals surface area contributed by atoms with Crippen LogP contribution in [0.4, 0.5) is 0 Å². The summed E-state index contributed by atoms with van der Waals surface area (Å²) in [5.74, 6) is 0.576. The van der Waals surface area contributed by atoms with Crippen LogP contribution in [-0.2, 0) is 9.59 Å². The van der Waals surface area contributed by atoms with Gasteiger partial charge in [-0.15, -0.1) is 0 Å². The van der Waals surface area contributed by atoms with Gasteiger partial charge < -0.3 is 10.6 Å². The van der Waals surface area contributed by atoms with E-state index >= 15 is 0 Å². The third kappa shape index (κ3) is 2.57. The highest BCUT2D eigenvalue weighted by Crippen LogP contribution is 2.68. The lowest BCUT2D eigenvalue weighted by atomic mass is 9.97. The van der Waals surface area contributed by atoms with Gasteiger partial charge in [0.15, 0.2) is 0 Å². The van der Waals surface area contributed by atoms with Gasteiger partial charge in [-0.05, 0) is 36.0 Å². The third-order valence-electron chi connectivity index (χ3n) is 5.92. The summed E-state index contributed by atoms with van der Waals surface area (Å²) in [4.78, 5) is 25.7. The molecular weight excluding hydrogens is 252 g/mol. The van der Waals surface area contributed by atoms with Crippen LogP contribution in [0.15, 0.2) is 0 Å². The van der Waals surface area contributed by atoms with Crippen LogP contribution in [0.25, 0.3) is 0 Å². The van der Waals surface area contributed by atoms with Crippen molar-refractivity contribution in [3.05, 3.63) is 0 Å². The lowest BCUT2D eigenvalue weighted by molar-refractivity contribution is -0.133. The molecule has 0 aromatic rings. The predicted octanol–water partition coefficient (Wildman–Crippen LogP) is 2.17. The van der Waals surface area contributed by atoms with Crippen molar-refractivity contribution >= 4 is 11.8 Å². The summed E-state index contributed by atoms with van der Waals surface area (Å²) in [7, 11) is 0. The van der Waals surface area contributed by atoms with E-state index in [9.17, 15) is 9.59 Å². The minimum Gasteiger partial charge on any atom is -0.370 e. The summed E-state index contributed by atoms with van der Waals surface area (Å²) in [6.07, 6.45) is 3.35. The van der Waals surface area contributed by atoms with E-state index in [-0.39, 0.29) is 22.7 Å². The molecule has 2 rings (SSSR count). The Morgan fingerprint density at radius 1 is 1.10 bits per heavy atom. The van der Waals surface area contributed by atoms with Crippen molar-refractivity contribution in [2.75, 3.05) is 13.1 Å². The molecule has 1 aliphatic carbocycles. The highest BCUT2D eigenvalue weighted by Gasteiger charge is 2.68. The molecule has 4 heteroatoms. The number of rotatable bonds is 3. The Kier molecular flexibility index (Phi) is 3.87. The van der Waals surface area contributed by atoms with Gasteiger partial charge in [-0.1, -0.05) is 27.7 Å². The van der Waals surface area contributed by atoms with Crippen molar-refractivity contribution in [1.29, 1.82) is 0 Å². The molecule has 2 N–H and O–H groups in total. The number of carbonyl (C=O) groups is 2. The zero-order valence-electron chi connectivity index (χ0n) is 13.2. The van der Waals surface area contributed by atoms with Crippen LogP contribution in [0.5, 0.6) is 0 Å². The quantitative estimate of drug-likeness (QED) is 0.861. The first-order valence-corrected chi connectivity index (χ1v) is 7.75. The number of nitrogens with two attached hydrogens (primary N) is 1. The second kappa shape index (κ2) is 5.05. The molecule has 0 aromatic heterocycles. The Hall–Kier alpha value is -1.06. The summed E-state index contributed by atoms with van der Waals surface area (Å²) < 4.78 is 0. The molecule has 1 heterocycles. The van der Waals surface area contributed by atoms with Crippen molar-refractivity contribution in [3.63, 3.8) is 0 Å². The predicted molar refractivity (Wildman–Crippen MR) is 78.8 cm³/mol. The SMILES string of the molecule is CC1(C)C(C(=O)N2CCCC(CC(N)=O)CC2)C1(C)C. The lowest BCUT2D eigenvalue weighted by Crippen LogP contribution is -2.35. The van der Waals surface area contributed by atoms with Crippen LogP contribution in [0, 0.1) is 22.7 Å². The van der Waals surface area contributed by atoms with E-state index in [1.165, 1.54) is 0 Å². The highest BCUT2D eigenvalue weighted by atomic mass is 16.2. The Labute approximate surface area is 122 Å². The second-order valence-corrected chi connectivity index (χ2v) is 7.67. The zero-order valence-corrected chi connectivity index (χ0v) is 13.2. The van der Waals surface area contributed by atoms with Gasteiger partial charge in [0, 0.05) is 25.4 Å².